The van der Waals surface area contributed by atoms with Crippen molar-refractivity contribution in [2.45, 2.75) is 127 Å². The average molecular weight is 1280 g/mol. The van der Waals surface area contributed by atoms with Crippen molar-refractivity contribution in [1.29, 1.82) is 0 Å². The first-order valence-electron chi connectivity index (χ1n) is 29.1. The summed E-state index contributed by atoms with van der Waals surface area (Å²) in [5.41, 5.74) is 22.2. The minimum absolute atomic E-state index is 0.00217. The van der Waals surface area contributed by atoms with E-state index in [-0.39, 0.29) is 99.0 Å². The number of carbonyl (C=O) groups is 12. The summed E-state index contributed by atoms with van der Waals surface area (Å²) in [6.45, 7) is 3.81. The van der Waals surface area contributed by atoms with Gasteiger partial charge >= 0.3 is 5.97 Å². The molecule has 27 nitrogen and oxygen atoms in total. The SMILES string of the molecule is CCCOCCCC(=O)COCC(N)=O.COCCOCCCC(=O)[C@@H]1CSCC(=O)N[C@@H](CCCCN)C(=O)N[C@H]2CSSC[C@H](NC(=O)[C@H](CC(=O)O)CC(=O)CNC(=O)[C@H](CCCN=C(N)N)CC2=O)C(=O)C[C@@H](Cc2ccccc2)C(=O)N1. The Hall–Kier alpha value is -6.02. The number of carbonyl (C=O) groups excluding carboxylic acids is 11. The molecular formula is C57H90N10O17S3. The maximum Gasteiger partial charge on any atom is 0.304 e. The van der Waals surface area contributed by atoms with Crippen LogP contribution in [0.2, 0.25) is 0 Å². The molecule has 2 saturated heterocycles. The fourth-order valence-corrected chi connectivity index (χ4v) is 12.0. The van der Waals surface area contributed by atoms with Crippen LogP contribution in [0.5, 0.6) is 0 Å². The summed E-state index contributed by atoms with van der Waals surface area (Å²) in [5, 5.41) is 23.3. The number of carboxylic acid groups (broad SMARTS) is 1. The number of nitrogens with one attached hydrogen (secondary N) is 5. The normalized spacial score (nSPS) is 21.7. The molecule has 2 bridgehead atoms. The van der Waals surface area contributed by atoms with Crippen molar-refractivity contribution in [3.8, 4) is 0 Å². The first kappa shape index (κ1) is 77.1. The topological polar surface area (TPSA) is 439 Å². The van der Waals surface area contributed by atoms with Crippen LogP contribution in [-0.4, -0.2) is 202 Å². The van der Waals surface area contributed by atoms with Crippen LogP contribution >= 0.6 is 33.3 Å². The molecule has 0 aromatic heterocycles. The zero-order chi connectivity index (χ0) is 64.4. The standard InChI is InChI=1S/C47H71N9O13S3.C10H19NO4/c1-68-17-18-69-16-8-13-38(58)35-25-70-28-41(61)53-34(12-5-6-14-48)46(67)56-37-27-72-71-26-36(40(60)22-31(44(65)54-35)19-29-9-3-2-4-10-29)55-45(66)32(23-42(62)63)20-33(57)24-52-43(64)30(21-39(37)59)11-7-15-51-47(49)50;1-2-5-14-6-3-4-9(12)7-15-8-10(11)13/h2-4,9-10,30-32,34-37H,5-8,11-28,48H2,1H3,(H,52,64)(H,53,61)(H,54,65)(H,55,66)(H,56,67)(H,62,63)(H4,49,50,51);2-8H2,1H3,(H2,11,13)/t30-,31-,32+,34+,35+,36+,37+;/m1./s1. The van der Waals surface area contributed by atoms with Gasteiger partial charge in [0, 0.05) is 94.7 Å². The van der Waals surface area contributed by atoms with Gasteiger partial charge < -0.3 is 73.6 Å². The molecule has 0 aliphatic carbocycles. The van der Waals surface area contributed by atoms with Gasteiger partial charge in [0.05, 0.1) is 56.0 Å². The highest BCUT2D eigenvalue weighted by atomic mass is 33.1. The van der Waals surface area contributed by atoms with Gasteiger partial charge in [-0.1, -0.05) is 58.8 Å². The number of aliphatic carboxylic acids is 1. The van der Waals surface area contributed by atoms with Gasteiger partial charge in [-0.25, -0.2) is 0 Å². The maximum absolute atomic E-state index is 14.5. The van der Waals surface area contributed by atoms with Crippen LogP contribution in [0.15, 0.2) is 35.3 Å². The molecule has 2 aliphatic heterocycles. The first-order valence-corrected chi connectivity index (χ1v) is 32.7. The van der Waals surface area contributed by atoms with Gasteiger partial charge in [-0.3, -0.25) is 62.5 Å². The number of guanidine groups is 1. The van der Waals surface area contributed by atoms with Gasteiger partial charge in [0.2, 0.25) is 35.4 Å². The van der Waals surface area contributed by atoms with Crippen LogP contribution < -0.4 is 49.5 Å². The largest absolute Gasteiger partial charge is 0.481 e. The lowest BCUT2D eigenvalue weighted by atomic mass is 9.90. The number of Topliss-reactive ketones (excluding diaryl/α,β-unsaturated/α-hetero) is 5. The summed E-state index contributed by atoms with van der Waals surface area (Å²) in [7, 11) is 3.64. The Labute approximate surface area is 520 Å². The van der Waals surface area contributed by atoms with Crippen LogP contribution in [0, 0.1) is 17.8 Å². The number of rotatable bonds is 30. The number of methoxy groups -OCH3 is 1. The van der Waals surface area contributed by atoms with E-state index in [0.717, 1.165) is 46.4 Å². The van der Waals surface area contributed by atoms with Crippen molar-refractivity contribution < 1.29 is 81.6 Å². The van der Waals surface area contributed by atoms with Crippen molar-refractivity contribution in [3.63, 3.8) is 0 Å². The number of aliphatic imine (C=N–C) groups is 1. The van der Waals surface area contributed by atoms with Crippen LogP contribution in [0.4, 0.5) is 0 Å². The van der Waals surface area contributed by atoms with Crippen molar-refractivity contribution in [2.75, 3.05) is 96.0 Å². The second kappa shape index (κ2) is 46.1. The lowest BCUT2D eigenvalue weighted by molar-refractivity contribution is -0.142. The molecule has 7 atom stereocenters. The fraction of sp³-hybridized carbons (Fsp3) is 0.667. The van der Waals surface area contributed by atoms with Crippen molar-refractivity contribution in [2.24, 2.45) is 45.7 Å². The number of hydrogen-bond acceptors (Lipinski definition) is 21. The van der Waals surface area contributed by atoms with E-state index in [2.05, 4.69) is 31.6 Å². The molecule has 87 heavy (non-hydrogen) atoms. The summed E-state index contributed by atoms with van der Waals surface area (Å²) in [4.78, 5) is 163. The van der Waals surface area contributed by atoms with E-state index in [0.29, 0.717) is 64.0 Å². The number of ether oxygens (including phenoxy) is 4. The van der Waals surface area contributed by atoms with Crippen LogP contribution in [0.1, 0.15) is 102 Å². The van der Waals surface area contributed by atoms with E-state index < -0.39 is 133 Å². The average Bonchev–Trinajstić information content (AvgIpc) is 3.68. The number of ketones is 5. The Balaban J connectivity index is 0.00000150. The summed E-state index contributed by atoms with van der Waals surface area (Å²) >= 11 is 1.04. The number of amides is 6. The summed E-state index contributed by atoms with van der Waals surface area (Å²) in [6.07, 6.45) is 1.57. The van der Waals surface area contributed by atoms with Crippen LogP contribution in [0.3, 0.4) is 0 Å². The molecule has 0 radical (unpaired) electrons. The lowest BCUT2D eigenvalue weighted by Crippen LogP contribution is -2.53. The van der Waals surface area contributed by atoms with Gasteiger partial charge in [-0.05, 0) is 69.9 Å². The predicted molar refractivity (Wildman–Crippen MR) is 330 cm³/mol. The second-order valence-electron chi connectivity index (χ2n) is 20.7. The molecule has 2 fully saturated rings. The Bertz CT molecular complexity index is 2390. The molecule has 2 aliphatic rings. The molecule has 30 heteroatoms. The fourth-order valence-electron chi connectivity index (χ4n) is 8.66. The highest BCUT2D eigenvalue weighted by Crippen LogP contribution is 2.27. The number of nitrogens with zero attached hydrogens (tertiary/aromatic N) is 1. The van der Waals surface area contributed by atoms with Crippen molar-refractivity contribution in [3.05, 3.63) is 35.9 Å². The smallest absolute Gasteiger partial charge is 0.304 e. The minimum Gasteiger partial charge on any atom is -0.481 e. The first-order chi connectivity index (χ1) is 41.7. The number of fused-ring (bicyclic) bond motifs is 5. The Morgan fingerprint density at radius 3 is 1.94 bits per heavy atom. The maximum atomic E-state index is 14.5. The quantitative estimate of drug-likeness (QED) is 0.0211. The number of benzene rings is 1. The molecule has 2 heterocycles. The molecular weight excluding hydrogens is 1190 g/mol. The third-order valence-corrected chi connectivity index (χ3v) is 16.7. The number of nitrogens with two attached hydrogens (primary N) is 4. The van der Waals surface area contributed by atoms with Crippen LogP contribution in [0.25, 0.3) is 0 Å². The van der Waals surface area contributed by atoms with Crippen LogP contribution in [-0.2, 0) is 82.9 Å². The lowest BCUT2D eigenvalue weighted by Gasteiger charge is -2.26. The van der Waals surface area contributed by atoms with E-state index in [4.69, 9.17) is 41.9 Å². The highest BCUT2D eigenvalue weighted by molar-refractivity contribution is 8.76. The Morgan fingerprint density at radius 2 is 1.31 bits per heavy atom. The van der Waals surface area contributed by atoms with Gasteiger partial charge in [0.1, 0.15) is 19.3 Å². The Morgan fingerprint density at radius 1 is 0.667 bits per heavy atom. The monoisotopic (exact) mass is 1280 g/mol. The molecule has 0 saturated carbocycles. The zero-order valence-corrected chi connectivity index (χ0v) is 52.3. The highest BCUT2D eigenvalue weighted by Gasteiger charge is 2.35. The zero-order valence-electron chi connectivity index (χ0n) is 49.9. The van der Waals surface area contributed by atoms with Gasteiger partial charge in [0.25, 0.3) is 0 Å². The molecule has 1 aromatic carbocycles. The third-order valence-electron chi connectivity index (χ3n) is 13.2. The summed E-state index contributed by atoms with van der Waals surface area (Å²) in [5.74, 6) is -12.2. The number of hydrogen-bond donors (Lipinski definition) is 10. The Kier molecular flexibility index (Phi) is 40.9. The minimum atomic E-state index is -1.47. The van der Waals surface area contributed by atoms with E-state index >= 15 is 0 Å². The molecule has 0 unspecified atom stereocenters. The van der Waals surface area contributed by atoms with E-state index in [1.807, 2.05) is 6.92 Å². The number of unbranched alkanes of at least 4 members (excludes halogenated alkanes) is 1. The number of carboxylic acids is 1. The van der Waals surface area contributed by atoms with Crippen molar-refractivity contribution in [1.82, 2.24) is 26.6 Å². The van der Waals surface area contributed by atoms with E-state index in [9.17, 15) is 62.6 Å². The van der Waals surface area contributed by atoms with Gasteiger partial charge in [-0.15, -0.1) is 11.8 Å². The second-order valence-corrected chi connectivity index (χ2v) is 24.3. The molecule has 1 aromatic rings. The molecule has 14 N–H and O–H groups in total. The molecule has 6 amide bonds. The number of thioether (sulfide) groups is 1. The molecule has 488 valence electrons. The van der Waals surface area contributed by atoms with E-state index in [1.54, 1.807) is 30.3 Å². The molecule has 3 rings (SSSR count). The third kappa shape index (κ3) is 35.5. The summed E-state index contributed by atoms with van der Waals surface area (Å²) in [6, 6.07) is 3.95. The molecule has 0 spiro atoms. The van der Waals surface area contributed by atoms with E-state index in [1.165, 1.54) is 7.11 Å². The number of primary amides is 1. The van der Waals surface area contributed by atoms with Crippen molar-refractivity contribution >= 4 is 110 Å². The van der Waals surface area contributed by atoms with Gasteiger partial charge in [-0.2, -0.15) is 0 Å². The predicted octanol–water partition coefficient (Wildman–Crippen LogP) is 0.0863. The summed E-state index contributed by atoms with van der Waals surface area (Å²) < 4.78 is 20.5. The van der Waals surface area contributed by atoms with Gasteiger partial charge in [0.15, 0.2) is 34.9 Å².